The molecule has 1 unspecified atom stereocenters. The molecule has 2 rings (SSSR count). The van der Waals surface area contributed by atoms with Gasteiger partial charge in [0.15, 0.2) is 0 Å². The molecule has 1 N–H and O–H groups in total. The Kier molecular flexibility index (Phi) is 4.42. The Balaban J connectivity index is 1.54. The van der Waals surface area contributed by atoms with Gasteiger partial charge in [0.2, 0.25) is 0 Å². The molecule has 1 saturated heterocycles. The van der Waals surface area contributed by atoms with Gasteiger partial charge < -0.3 is 10.1 Å². The van der Waals surface area contributed by atoms with E-state index in [1.54, 1.807) is 0 Å². The van der Waals surface area contributed by atoms with Gasteiger partial charge in [0, 0.05) is 19.1 Å². The zero-order chi connectivity index (χ0) is 10.5. The molecule has 2 aliphatic rings. The minimum absolute atomic E-state index is 0.577. The van der Waals surface area contributed by atoms with E-state index in [1.807, 2.05) is 0 Å². The third-order valence-electron chi connectivity index (χ3n) is 3.74. The standard InChI is InChI=1S/C12H24N2O/c1-13-11-6-7-14(10-11)8-9-15-12-4-2-3-5-12/h11-13H,2-10H2,1H3. The highest BCUT2D eigenvalue weighted by atomic mass is 16.5. The predicted molar refractivity (Wildman–Crippen MR) is 62.1 cm³/mol. The number of hydrogen-bond acceptors (Lipinski definition) is 3. The van der Waals surface area contributed by atoms with Crippen LogP contribution in [0.4, 0.5) is 0 Å². The Bertz CT molecular complexity index is 180. The smallest absolute Gasteiger partial charge is 0.0597 e. The summed E-state index contributed by atoms with van der Waals surface area (Å²) < 4.78 is 5.87. The third kappa shape index (κ3) is 3.44. The van der Waals surface area contributed by atoms with Crippen molar-refractivity contribution in [3.05, 3.63) is 0 Å². The van der Waals surface area contributed by atoms with Crippen LogP contribution in [0.1, 0.15) is 32.1 Å². The number of rotatable bonds is 5. The van der Waals surface area contributed by atoms with Crippen LogP contribution in [-0.4, -0.2) is 50.3 Å². The monoisotopic (exact) mass is 212 g/mol. The van der Waals surface area contributed by atoms with Crippen molar-refractivity contribution in [2.75, 3.05) is 33.3 Å². The van der Waals surface area contributed by atoms with Crippen molar-refractivity contribution in [1.82, 2.24) is 10.2 Å². The molecule has 0 bridgehead atoms. The lowest BCUT2D eigenvalue weighted by atomic mass is 10.3. The SMILES string of the molecule is CNC1CCN(CCOC2CCCC2)C1. The van der Waals surface area contributed by atoms with E-state index in [2.05, 4.69) is 17.3 Å². The van der Waals surface area contributed by atoms with Gasteiger partial charge in [-0.2, -0.15) is 0 Å². The molecule has 0 radical (unpaired) electrons. The fourth-order valence-corrected chi connectivity index (χ4v) is 2.67. The first kappa shape index (κ1) is 11.4. The van der Waals surface area contributed by atoms with Gasteiger partial charge in [0.05, 0.1) is 12.7 Å². The molecule has 0 aromatic carbocycles. The van der Waals surface area contributed by atoms with Crippen LogP contribution in [0.25, 0.3) is 0 Å². The number of hydrogen-bond donors (Lipinski definition) is 1. The van der Waals surface area contributed by atoms with Crippen molar-refractivity contribution < 1.29 is 4.74 Å². The largest absolute Gasteiger partial charge is 0.377 e. The van der Waals surface area contributed by atoms with E-state index in [1.165, 1.54) is 45.2 Å². The van der Waals surface area contributed by atoms with Crippen molar-refractivity contribution in [1.29, 1.82) is 0 Å². The molecule has 0 amide bonds. The van der Waals surface area contributed by atoms with Gasteiger partial charge in [-0.3, -0.25) is 4.90 Å². The summed E-state index contributed by atoms with van der Waals surface area (Å²) in [4.78, 5) is 2.51. The molecule has 15 heavy (non-hydrogen) atoms. The van der Waals surface area contributed by atoms with Crippen LogP contribution in [0.5, 0.6) is 0 Å². The molecule has 3 nitrogen and oxygen atoms in total. The number of ether oxygens (including phenoxy) is 1. The second-order valence-electron chi connectivity index (χ2n) is 4.85. The van der Waals surface area contributed by atoms with Crippen LogP contribution < -0.4 is 5.32 Å². The summed E-state index contributed by atoms with van der Waals surface area (Å²) in [5.74, 6) is 0. The number of likely N-dealkylation sites (N-methyl/N-ethyl adjacent to an activating group) is 1. The molecule has 2 fully saturated rings. The van der Waals surface area contributed by atoms with E-state index in [0.29, 0.717) is 12.1 Å². The van der Waals surface area contributed by atoms with Gasteiger partial charge in [-0.1, -0.05) is 12.8 Å². The Labute approximate surface area is 93.2 Å². The van der Waals surface area contributed by atoms with Crippen LogP contribution in [0, 0.1) is 0 Å². The average Bonchev–Trinajstić information content (AvgIpc) is 2.88. The molecule has 1 aliphatic heterocycles. The highest BCUT2D eigenvalue weighted by Crippen LogP contribution is 2.20. The zero-order valence-corrected chi connectivity index (χ0v) is 9.87. The van der Waals surface area contributed by atoms with E-state index in [-0.39, 0.29) is 0 Å². The van der Waals surface area contributed by atoms with E-state index >= 15 is 0 Å². The lowest BCUT2D eigenvalue weighted by molar-refractivity contribution is 0.0452. The van der Waals surface area contributed by atoms with Gasteiger partial charge in [-0.25, -0.2) is 0 Å². The summed E-state index contributed by atoms with van der Waals surface area (Å²) in [6.07, 6.45) is 7.19. The Morgan fingerprint density at radius 2 is 2.07 bits per heavy atom. The van der Waals surface area contributed by atoms with Crippen molar-refractivity contribution in [3.8, 4) is 0 Å². The van der Waals surface area contributed by atoms with Crippen LogP contribution in [0.2, 0.25) is 0 Å². The Morgan fingerprint density at radius 1 is 1.27 bits per heavy atom. The van der Waals surface area contributed by atoms with E-state index in [0.717, 1.165) is 13.2 Å². The molecule has 1 aliphatic carbocycles. The van der Waals surface area contributed by atoms with Crippen LogP contribution in [-0.2, 0) is 4.74 Å². The van der Waals surface area contributed by atoms with Crippen LogP contribution >= 0.6 is 0 Å². The summed E-state index contributed by atoms with van der Waals surface area (Å²) in [5, 5.41) is 3.34. The van der Waals surface area contributed by atoms with E-state index in [9.17, 15) is 0 Å². The average molecular weight is 212 g/mol. The number of nitrogens with zero attached hydrogens (tertiary/aromatic N) is 1. The molecule has 0 spiro atoms. The molecule has 88 valence electrons. The molecular weight excluding hydrogens is 188 g/mol. The minimum Gasteiger partial charge on any atom is -0.377 e. The van der Waals surface area contributed by atoms with Gasteiger partial charge in [-0.05, 0) is 32.9 Å². The van der Waals surface area contributed by atoms with Crippen molar-refractivity contribution in [3.63, 3.8) is 0 Å². The Hall–Kier alpha value is -0.120. The molecule has 1 saturated carbocycles. The summed E-state index contributed by atoms with van der Waals surface area (Å²) in [5.41, 5.74) is 0. The van der Waals surface area contributed by atoms with Crippen molar-refractivity contribution in [2.24, 2.45) is 0 Å². The number of nitrogens with one attached hydrogen (secondary N) is 1. The zero-order valence-electron chi connectivity index (χ0n) is 9.87. The summed E-state index contributed by atoms with van der Waals surface area (Å²) in [6.45, 7) is 4.49. The molecule has 1 heterocycles. The fraction of sp³-hybridized carbons (Fsp3) is 1.00. The number of likely N-dealkylation sites (tertiary alicyclic amines) is 1. The minimum atomic E-state index is 0.577. The first-order chi connectivity index (χ1) is 7.38. The maximum Gasteiger partial charge on any atom is 0.0597 e. The fourth-order valence-electron chi connectivity index (χ4n) is 2.67. The summed E-state index contributed by atoms with van der Waals surface area (Å²) in [7, 11) is 2.06. The first-order valence-corrected chi connectivity index (χ1v) is 6.39. The lowest BCUT2D eigenvalue weighted by Crippen LogP contribution is -2.31. The van der Waals surface area contributed by atoms with Gasteiger partial charge in [-0.15, -0.1) is 0 Å². The van der Waals surface area contributed by atoms with E-state index < -0.39 is 0 Å². The molecule has 1 atom stereocenters. The first-order valence-electron chi connectivity index (χ1n) is 6.39. The quantitative estimate of drug-likeness (QED) is 0.742. The van der Waals surface area contributed by atoms with Crippen molar-refractivity contribution >= 4 is 0 Å². The normalized spacial score (nSPS) is 29.0. The molecule has 3 heteroatoms. The highest BCUT2D eigenvalue weighted by molar-refractivity contribution is 4.79. The maximum absolute atomic E-state index is 5.87. The van der Waals surface area contributed by atoms with Crippen molar-refractivity contribution in [2.45, 2.75) is 44.2 Å². The summed E-state index contributed by atoms with van der Waals surface area (Å²) >= 11 is 0. The van der Waals surface area contributed by atoms with E-state index in [4.69, 9.17) is 4.74 Å². The van der Waals surface area contributed by atoms with Gasteiger partial charge >= 0.3 is 0 Å². The molecule has 0 aromatic heterocycles. The molecular formula is C12H24N2O. The predicted octanol–water partition coefficient (Wildman–Crippen LogP) is 1.24. The summed E-state index contributed by atoms with van der Waals surface area (Å²) in [6, 6.07) is 0.705. The third-order valence-corrected chi connectivity index (χ3v) is 3.74. The highest BCUT2D eigenvalue weighted by Gasteiger charge is 2.21. The van der Waals surface area contributed by atoms with Crippen LogP contribution in [0.3, 0.4) is 0 Å². The second-order valence-corrected chi connectivity index (χ2v) is 4.85. The second kappa shape index (κ2) is 5.83. The van der Waals surface area contributed by atoms with Crippen LogP contribution in [0.15, 0.2) is 0 Å². The van der Waals surface area contributed by atoms with Gasteiger partial charge in [0.1, 0.15) is 0 Å². The lowest BCUT2D eigenvalue weighted by Gasteiger charge is -2.17. The van der Waals surface area contributed by atoms with Gasteiger partial charge in [0.25, 0.3) is 0 Å². The molecule has 0 aromatic rings. The maximum atomic E-state index is 5.87. The Morgan fingerprint density at radius 3 is 2.73 bits per heavy atom. The topological polar surface area (TPSA) is 24.5 Å².